The van der Waals surface area contributed by atoms with E-state index < -0.39 is 0 Å². The van der Waals surface area contributed by atoms with Crippen LogP contribution in [0.25, 0.3) is 0 Å². The molecule has 0 radical (unpaired) electrons. The Labute approximate surface area is 88.2 Å². The van der Waals surface area contributed by atoms with Gasteiger partial charge in [0.15, 0.2) is 0 Å². The molecule has 3 nitrogen and oxygen atoms in total. The molecule has 1 aliphatic rings. The Balaban J connectivity index is 1.97. The first-order valence-corrected chi connectivity index (χ1v) is 5.76. The summed E-state index contributed by atoms with van der Waals surface area (Å²) >= 11 is 0. The Morgan fingerprint density at radius 3 is 2.43 bits per heavy atom. The predicted molar refractivity (Wildman–Crippen MR) is 61.7 cm³/mol. The second kappa shape index (κ2) is 5.69. The first kappa shape index (κ1) is 12.0. The summed E-state index contributed by atoms with van der Waals surface area (Å²) in [5.41, 5.74) is 0.267. The molecule has 0 amide bonds. The van der Waals surface area contributed by atoms with Crippen LogP contribution in [0.3, 0.4) is 0 Å². The Bertz CT molecular complexity index is 145. The number of hydrogen-bond acceptors (Lipinski definition) is 3. The third-order valence-electron chi connectivity index (χ3n) is 2.52. The number of hydrogen-bond donors (Lipinski definition) is 2. The van der Waals surface area contributed by atoms with Crippen LogP contribution in [-0.4, -0.2) is 49.7 Å². The van der Waals surface area contributed by atoms with Crippen LogP contribution in [0.15, 0.2) is 0 Å². The molecule has 0 saturated carbocycles. The van der Waals surface area contributed by atoms with Crippen molar-refractivity contribution in [2.75, 3.05) is 39.3 Å². The lowest BCUT2D eigenvalue weighted by Gasteiger charge is -2.28. The van der Waals surface area contributed by atoms with Gasteiger partial charge >= 0.3 is 0 Å². The van der Waals surface area contributed by atoms with Gasteiger partial charge in [-0.2, -0.15) is 0 Å². The summed E-state index contributed by atoms with van der Waals surface area (Å²) in [5.74, 6) is 0. The zero-order valence-electron chi connectivity index (χ0n) is 9.90. The molecule has 0 bridgehead atoms. The molecule has 14 heavy (non-hydrogen) atoms. The van der Waals surface area contributed by atoms with Gasteiger partial charge in [0.25, 0.3) is 0 Å². The second-order valence-corrected chi connectivity index (χ2v) is 5.12. The minimum absolute atomic E-state index is 0.267. The minimum Gasteiger partial charge on any atom is -0.314 e. The summed E-state index contributed by atoms with van der Waals surface area (Å²) in [4.78, 5) is 2.54. The van der Waals surface area contributed by atoms with Gasteiger partial charge in [-0.25, -0.2) is 0 Å². The predicted octanol–water partition coefficient (Wildman–Crippen LogP) is 0.670. The van der Waals surface area contributed by atoms with Crippen LogP contribution in [0.2, 0.25) is 0 Å². The van der Waals surface area contributed by atoms with Gasteiger partial charge in [-0.05, 0) is 40.3 Å². The summed E-state index contributed by atoms with van der Waals surface area (Å²) in [6.45, 7) is 13.8. The third kappa shape index (κ3) is 5.58. The van der Waals surface area contributed by atoms with Gasteiger partial charge in [0, 0.05) is 31.7 Å². The van der Waals surface area contributed by atoms with Gasteiger partial charge in [0.05, 0.1) is 0 Å². The van der Waals surface area contributed by atoms with Crippen molar-refractivity contribution in [2.24, 2.45) is 0 Å². The van der Waals surface area contributed by atoms with Crippen LogP contribution in [0.1, 0.15) is 27.2 Å². The van der Waals surface area contributed by atoms with Crippen LogP contribution in [0.5, 0.6) is 0 Å². The van der Waals surface area contributed by atoms with E-state index in [1.54, 1.807) is 0 Å². The van der Waals surface area contributed by atoms with E-state index in [1.807, 2.05) is 0 Å². The number of nitrogens with one attached hydrogen (secondary N) is 2. The molecule has 1 fully saturated rings. The van der Waals surface area contributed by atoms with Crippen molar-refractivity contribution in [1.82, 2.24) is 15.5 Å². The maximum absolute atomic E-state index is 3.52. The van der Waals surface area contributed by atoms with E-state index in [9.17, 15) is 0 Å². The lowest BCUT2D eigenvalue weighted by molar-refractivity contribution is 0.235. The average molecular weight is 199 g/mol. The molecule has 1 aliphatic heterocycles. The van der Waals surface area contributed by atoms with Gasteiger partial charge in [0.1, 0.15) is 0 Å². The van der Waals surface area contributed by atoms with E-state index in [4.69, 9.17) is 0 Å². The summed E-state index contributed by atoms with van der Waals surface area (Å²) in [7, 11) is 0. The maximum atomic E-state index is 3.52. The van der Waals surface area contributed by atoms with Crippen molar-refractivity contribution < 1.29 is 0 Å². The molecular weight excluding hydrogens is 174 g/mol. The minimum atomic E-state index is 0.267. The van der Waals surface area contributed by atoms with Crippen LogP contribution in [0.4, 0.5) is 0 Å². The molecular formula is C11H25N3. The topological polar surface area (TPSA) is 27.3 Å². The number of nitrogens with zero attached hydrogens (tertiary/aromatic N) is 1. The number of rotatable bonds is 4. The van der Waals surface area contributed by atoms with Crippen molar-refractivity contribution in [3.8, 4) is 0 Å². The third-order valence-corrected chi connectivity index (χ3v) is 2.52. The fourth-order valence-corrected chi connectivity index (χ4v) is 1.70. The highest BCUT2D eigenvalue weighted by Gasteiger charge is 2.10. The second-order valence-electron chi connectivity index (χ2n) is 5.12. The molecule has 1 heterocycles. The van der Waals surface area contributed by atoms with E-state index in [0.717, 1.165) is 19.6 Å². The van der Waals surface area contributed by atoms with Crippen LogP contribution < -0.4 is 10.6 Å². The molecule has 0 atom stereocenters. The van der Waals surface area contributed by atoms with Crippen molar-refractivity contribution in [3.05, 3.63) is 0 Å². The SMILES string of the molecule is CC(C)(C)NCCCN1CCNCC1. The van der Waals surface area contributed by atoms with Gasteiger partial charge < -0.3 is 15.5 Å². The van der Waals surface area contributed by atoms with E-state index >= 15 is 0 Å². The lowest BCUT2D eigenvalue weighted by Crippen LogP contribution is -2.44. The van der Waals surface area contributed by atoms with Gasteiger partial charge in [-0.15, -0.1) is 0 Å². The molecule has 0 spiro atoms. The molecule has 2 N–H and O–H groups in total. The zero-order valence-corrected chi connectivity index (χ0v) is 9.90. The fourth-order valence-electron chi connectivity index (χ4n) is 1.70. The lowest BCUT2D eigenvalue weighted by atomic mass is 10.1. The Hall–Kier alpha value is -0.120. The Kier molecular flexibility index (Phi) is 4.85. The molecule has 0 unspecified atom stereocenters. The molecule has 0 aromatic rings. The highest BCUT2D eigenvalue weighted by atomic mass is 15.2. The van der Waals surface area contributed by atoms with Gasteiger partial charge in [0.2, 0.25) is 0 Å². The first-order valence-electron chi connectivity index (χ1n) is 5.76. The highest BCUT2D eigenvalue weighted by Crippen LogP contribution is 1.99. The van der Waals surface area contributed by atoms with Gasteiger partial charge in [-0.3, -0.25) is 0 Å². The normalized spacial score (nSPS) is 19.9. The maximum Gasteiger partial charge on any atom is 0.0107 e. The van der Waals surface area contributed by atoms with Gasteiger partial charge in [-0.1, -0.05) is 0 Å². The first-order chi connectivity index (χ1) is 6.58. The average Bonchev–Trinajstić information content (AvgIpc) is 2.13. The molecule has 1 rings (SSSR count). The van der Waals surface area contributed by atoms with E-state index in [0.29, 0.717) is 0 Å². The highest BCUT2D eigenvalue weighted by molar-refractivity contribution is 4.72. The molecule has 1 saturated heterocycles. The standard InChI is InChI=1S/C11H25N3/c1-11(2,3)13-5-4-8-14-9-6-12-7-10-14/h12-13H,4-10H2,1-3H3. The van der Waals surface area contributed by atoms with Crippen LogP contribution >= 0.6 is 0 Å². The zero-order chi connectivity index (χ0) is 10.4. The number of piperazine rings is 1. The largest absolute Gasteiger partial charge is 0.314 e. The molecule has 0 aromatic carbocycles. The smallest absolute Gasteiger partial charge is 0.0107 e. The summed E-state index contributed by atoms with van der Waals surface area (Å²) in [6.07, 6.45) is 1.26. The van der Waals surface area contributed by atoms with Crippen LogP contribution in [0, 0.1) is 0 Å². The summed E-state index contributed by atoms with van der Waals surface area (Å²) in [6, 6.07) is 0. The molecule has 84 valence electrons. The molecule has 0 aromatic heterocycles. The monoisotopic (exact) mass is 199 g/mol. The van der Waals surface area contributed by atoms with E-state index in [-0.39, 0.29) is 5.54 Å². The summed E-state index contributed by atoms with van der Waals surface area (Å²) < 4.78 is 0. The van der Waals surface area contributed by atoms with Crippen molar-refractivity contribution in [2.45, 2.75) is 32.7 Å². The van der Waals surface area contributed by atoms with Crippen molar-refractivity contribution in [1.29, 1.82) is 0 Å². The quantitative estimate of drug-likeness (QED) is 0.652. The Morgan fingerprint density at radius 1 is 1.21 bits per heavy atom. The summed E-state index contributed by atoms with van der Waals surface area (Å²) in [5, 5.41) is 6.89. The van der Waals surface area contributed by atoms with E-state index in [2.05, 4.69) is 36.3 Å². The van der Waals surface area contributed by atoms with Crippen molar-refractivity contribution >= 4 is 0 Å². The fraction of sp³-hybridized carbons (Fsp3) is 1.00. The molecule has 3 heteroatoms. The molecule has 0 aliphatic carbocycles. The van der Waals surface area contributed by atoms with E-state index in [1.165, 1.54) is 26.1 Å². The Morgan fingerprint density at radius 2 is 1.86 bits per heavy atom. The van der Waals surface area contributed by atoms with Crippen LogP contribution in [-0.2, 0) is 0 Å². The van der Waals surface area contributed by atoms with Crippen molar-refractivity contribution in [3.63, 3.8) is 0 Å².